The highest BCUT2D eigenvalue weighted by atomic mass is 14.2. The Balaban J connectivity index is 0. The number of fused-ring (bicyclic) bond motifs is 1. The van der Waals surface area contributed by atoms with Gasteiger partial charge in [0.1, 0.15) is 0 Å². The molecule has 0 fully saturated rings. The summed E-state index contributed by atoms with van der Waals surface area (Å²) in [6, 6.07) is 25.7. The fraction of sp³-hybridized carbons (Fsp3) is 0.448. The van der Waals surface area contributed by atoms with Gasteiger partial charge in [-0.25, -0.2) is 0 Å². The quantitative estimate of drug-likeness (QED) is 0.355. The summed E-state index contributed by atoms with van der Waals surface area (Å²) in [5.41, 5.74) is 3.34. The molecule has 0 atom stereocenters. The number of hydrogen-bond acceptors (Lipinski definition) is 0. The van der Waals surface area contributed by atoms with Crippen LogP contribution in [-0.2, 0) is 10.8 Å². The molecule has 0 aliphatic rings. The third-order valence-electron chi connectivity index (χ3n) is 4.24. The molecule has 0 aromatic heterocycles. The zero-order valence-corrected chi connectivity index (χ0v) is 20.9. The van der Waals surface area contributed by atoms with Crippen LogP contribution in [0.1, 0.15) is 89.1 Å². The Morgan fingerprint density at radius 3 is 1.45 bits per heavy atom. The predicted molar refractivity (Wildman–Crippen MR) is 137 cm³/mol. The summed E-state index contributed by atoms with van der Waals surface area (Å²) < 4.78 is 5.75. The SMILES string of the molecule is CC.CC.CC(C)(C)c1cccc2ccccc12.CC(C)(C)c1ccccc1.[2H]C. The van der Waals surface area contributed by atoms with Crippen LogP contribution < -0.4 is 0 Å². The monoisotopic (exact) mass is 395 g/mol. The van der Waals surface area contributed by atoms with Gasteiger partial charge in [0.25, 0.3) is 0 Å². The summed E-state index contributed by atoms with van der Waals surface area (Å²) >= 11 is 0. The largest absolute Gasteiger partial charge is 0.0776 e. The van der Waals surface area contributed by atoms with E-state index >= 15 is 0 Å². The van der Waals surface area contributed by atoms with Crippen LogP contribution >= 0.6 is 0 Å². The minimum atomic E-state index is 0.223. The second kappa shape index (κ2) is 14.0. The van der Waals surface area contributed by atoms with Crippen LogP contribution in [0.25, 0.3) is 10.8 Å². The molecule has 162 valence electrons. The molecule has 29 heavy (non-hydrogen) atoms. The molecule has 3 aromatic carbocycles. The van der Waals surface area contributed by atoms with Crippen molar-refractivity contribution >= 4 is 10.8 Å². The summed E-state index contributed by atoms with van der Waals surface area (Å²) in [6.45, 7) is 21.4. The van der Waals surface area contributed by atoms with E-state index in [4.69, 9.17) is 1.37 Å². The molecule has 0 saturated heterocycles. The van der Waals surface area contributed by atoms with Gasteiger partial charge in [0.2, 0.25) is 0 Å². The van der Waals surface area contributed by atoms with Crippen LogP contribution in [0, 0.1) is 0 Å². The summed E-state index contributed by atoms with van der Waals surface area (Å²) in [5.74, 6) is 0. The molecule has 0 spiro atoms. The van der Waals surface area contributed by atoms with Gasteiger partial charge in [0, 0.05) is 1.37 Å². The predicted octanol–water partition coefficient (Wildman–Crippen LogP) is 9.81. The fourth-order valence-electron chi connectivity index (χ4n) is 2.82. The lowest BCUT2D eigenvalue weighted by molar-refractivity contribution is 0.590. The highest BCUT2D eigenvalue weighted by molar-refractivity contribution is 5.86. The summed E-state index contributed by atoms with van der Waals surface area (Å²) in [7, 11) is 1.25. The lowest BCUT2D eigenvalue weighted by Gasteiger charge is -2.21. The molecule has 3 rings (SSSR count). The lowest BCUT2D eigenvalue weighted by Crippen LogP contribution is -2.11. The van der Waals surface area contributed by atoms with Crippen LogP contribution in [0.5, 0.6) is 0 Å². The zero-order chi connectivity index (χ0) is 23.8. The maximum Gasteiger partial charge on any atom is 0.0194 e. The first-order valence-electron chi connectivity index (χ1n) is 11.7. The fourth-order valence-corrected chi connectivity index (χ4v) is 2.82. The molecule has 0 aliphatic heterocycles. The second-order valence-electron chi connectivity index (χ2n) is 8.39. The van der Waals surface area contributed by atoms with Crippen molar-refractivity contribution in [1.82, 2.24) is 0 Å². The van der Waals surface area contributed by atoms with Crippen LogP contribution in [0.2, 0.25) is 0 Å². The van der Waals surface area contributed by atoms with Gasteiger partial charge in [-0.15, -0.1) is 0 Å². The number of benzene rings is 3. The maximum atomic E-state index is 5.75. The molecule has 0 nitrogen and oxygen atoms in total. The topological polar surface area (TPSA) is 0 Å². The van der Waals surface area contributed by atoms with E-state index in [1.165, 1.54) is 29.3 Å². The Morgan fingerprint density at radius 1 is 0.552 bits per heavy atom. The molecule has 0 bridgehead atoms. The van der Waals surface area contributed by atoms with E-state index in [2.05, 4.69) is 114 Å². The van der Waals surface area contributed by atoms with Crippen molar-refractivity contribution in [3.63, 3.8) is 0 Å². The highest BCUT2D eigenvalue weighted by Crippen LogP contribution is 2.29. The molecule has 0 saturated carbocycles. The number of rotatable bonds is 0. The lowest BCUT2D eigenvalue weighted by atomic mass is 9.84. The van der Waals surface area contributed by atoms with E-state index in [1.54, 1.807) is 0 Å². The third-order valence-corrected chi connectivity index (χ3v) is 4.24. The van der Waals surface area contributed by atoms with Crippen molar-refractivity contribution < 1.29 is 1.37 Å². The summed E-state index contributed by atoms with van der Waals surface area (Å²) in [4.78, 5) is 0. The minimum Gasteiger partial charge on any atom is -0.0776 e. The van der Waals surface area contributed by atoms with Crippen molar-refractivity contribution in [1.29, 1.82) is 0 Å². The van der Waals surface area contributed by atoms with Gasteiger partial charge in [-0.1, -0.05) is 149 Å². The van der Waals surface area contributed by atoms with E-state index in [0.717, 1.165) is 0 Å². The van der Waals surface area contributed by atoms with Crippen molar-refractivity contribution in [2.75, 3.05) is 0 Å². The van der Waals surface area contributed by atoms with Crippen LogP contribution in [0.3, 0.4) is 0 Å². The van der Waals surface area contributed by atoms with Crippen molar-refractivity contribution in [2.24, 2.45) is 0 Å². The Kier molecular flexibility index (Phi) is 13.0. The van der Waals surface area contributed by atoms with E-state index in [9.17, 15) is 0 Å². The molecular formula is C29H46. The van der Waals surface area contributed by atoms with Gasteiger partial charge in [-0.2, -0.15) is 0 Å². The zero-order valence-electron chi connectivity index (χ0n) is 21.9. The molecule has 0 aliphatic carbocycles. The van der Waals surface area contributed by atoms with Crippen LogP contribution in [0.4, 0.5) is 0 Å². The van der Waals surface area contributed by atoms with Crippen LogP contribution in [-0.4, -0.2) is 0 Å². The Hall–Kier alpha value is -2.08. The molecule has 0 amide bonds. The smallest absolute Gasteiger partial charge is 0.0194 e. The molecule has 0 unspecified atom stereocenters. The van der Waals surface area contributed by atoms with Crippen LogP contribution in [0.15, 0.2) is 72.8 Å². The first-order chi connectivity index (χ1) is 14.2. The van der Waals surface area contributed by atoms with Gasteiger partial charge >= 0.3 is 0 Å². The first kappa shape index (κ1) is 26.9. The van der Waals surface area contributed by atoms with E-state index in [-0.39, 0.29) is 5.41 Å². The molecular weight excluding hydrogens is 348 g/mol. The average molecular weight is 396 g/mol. The van der Waals surface area contributed by atoms with Gasteiger partial charge < -0.3 is 0 Å². The normalized spacial score (nSPS) is 10.4. The first-order valence-corrected chi connectivity index (χ1v) is 10.7. The number of hydrogen-bond donors (Lipinski definition) is 0. The molecule has 0 heteroatoms. The molecule has 0 radical (unpaired) electrons. The van der Waals surface area contributed by atoms with Gasteiger partial charge in [-0.05, 0) is 32.7 Å². The Bertz CT molecular complexity index is 769. The summed E-state index contributed by atoms with van der Waals surface area (Å²) in [6.07, 6.45) is 0. The van der Waals surface area contributed by atoms with Gasteiger partial charge in [-0.3, -0.25) is 0 Å². The Labute approximate surface area is 183 Å². The van der Waals surface area contributed by atoms with Gasteiger partial charge in [0.05, 0.1) is 0 Å². The summed E-state index contributed by atoms with van der Waals surface area (Å²) in [5, 5.41) is 2.71. The van der Waals surface area contributed by atoms with Crippen molar-refractivity contribution in [3.05, 3.63) is 83.9 Å². The van der Waals surface area contributed by atoms with Gasteiger partial charge in [0.15, 0.2) is 0 Å². The van der Waals surface area contributed by atoms with E-state index in [0.29, 0.717) is 5.41 Å². The second-order valence-corrected chi connectivity index (χ2v) is 8.39. The Morgan fingerprint density at radius 2 is 1.00 bits per heavy atom. The third kappa shape index (κ3) is 9.79. The molecule has 0 N–H and O–H groups in total. The molecule has 3 aromatic rings. The standard InChI is InChI=1S/C14H16.C10H14.2C2H6.CH4/c1-14(2,3)13-10-6-8-11-7-4-5-9-12(11)13;1-10(2,3)9-7-5-4-6-8-9;2*1-2;/h4-10H,1-3H3;4-8H,1-3H3;2*1-2H3;1H4/i;;;;1D. The highest BCUT2D eigenvalue weighted by Gasteiger charge is 2.15. The van der Waals surface area contributed by atoms with Crippen molar-refractivity contribution in [3.8, 4) is 0 Å². The maximum absolute atomic E-state index is 5.75. The molecule has 0 heterocycles. The van der Waals surface area contributed by atoms with E-state index < -0.39 is 0 Å². The van der Waals surface area contributed by atoms with E-state index in [1.807, 2.05) is 27.7 Å². The minimum absolute atomic E-state index is 0.223. The average Bonchev–Trinajstić information content (AvgIpc) is 2.77. The van der Waals surface area contributed by atoms with Crippen molar-refractivity contribution in [2.45, 2.75) is 87.5 Å².